The van der Waals surface area contributed by atoms with E-state index < -0.39 is 6.10 Å². The van der Waals surface area contributed by atoms with E-state index >= 15 is 0 Å². The first kappa shape index (κ1) is 14.9. The second-order valence-corrected chi connectivity index (χ2v) is 4.82. The summed E-state index contributed by atoms with van der Waals surface area (Å²) in [5.41, 5.74) is 0.364. The first-order chi connectivity index (χ1) is 8.45. The van der Waals surface area contributed by atoms with Crippen LogP contribution in [0.4, 0.5) is 0 Å². The Balaban J connectivity index is 2.71. The predicted octanol–water partition coefficient (Wildman–Crippen LogP) is 1.23. The molecule has 1 aromatic carbocycles. The molecule has 0 aliphatic heterocycles. The molecule has 0 heterocycles. The number of methoxy groups -OCH3 is 1. The molecular formula is C12H16BrNO4. The van der Waals surface area contributed by atoms with Crippen molar-refractivity contribution >= 4 is 21.8 Å². The number of rotatable bonds is 5. The molecule has 0 saturated heterocycles. The second kappa shape index (κ2) is 6.72. The summed E-state index contributed by atoms with van der Waals surface area (Å²) in [5, 5.41) is 19.0. The van der Waals surface area contributed by atoms with E-state index in [1.807, 2.05) is 0 Å². The number of phenols is 1. The molecule has 100 valence electrons. The van der Waals surface area contributed by atoms with Crippen molar-refractivity contribution in [3.63, 3.8) is 0 Å². The largest absolute Gasteiger partial charge is 0.507 e. The van der Waals surface area contributed by atoms with Gasteiger partial charge in [0.1, 0.15) is 5.75 Å². The molecule has 1 unspecified atom stereocenters. The van der Waals surface area contributed by atoms with Crippen LogP contribution in [0.3, 0.4) is 0 Å². The normalized spacial score (nSPS) is 12.2. The molecule has 6 heteroatoms. The van der Waals surface area contributed by atoms with Gasteiger partial charge in [0, 0.05) is 26.3 Å². The van der Waals surface area contributed by atoms with Gasteiger partial charge in [0.05, 0.1) is 17.2 Å². The Labute approximate surface area is 114 Å². The quantitative estimate of drug-likeness (QED) is 0.857. The van der Waals surface area contributed by atoms with Crippen LogP contribution in [-0.4, -0.2) is 54.4 Å². The number of carbonyl (C=O) groups excluding carboxylic acids is 1. The molecule has 1 rings (SSSR count). The average Bonchev–Trinajstić information content (AvgIpc) is 2.32. The van der Waals surface area contributed by atoms with E-state index in [1.165, 1.54) is 18.1 Å². The molecule has 0 aliphatic rings. The number of nitrogens with zero attached hydrogens (tertiary/aromatic N) is 1. The summed E-state index contributed by atoms with van der Waals surface area (Å²) in [6, 6.07) is 4.58. The first-order valence-electron chi connectivity index (χ1n) is 5.36. The van der Waals surface area contributed by atoms with Crippen LogP contribution in [-0.2, 0) is 4.74 Å². The van der Waals surface area contributed by atoms with Crippen molar-refractivity contribution in [2.45, 2.75) is 6.10 Å². The van der Waals surface area contributed by atoms with Crippen molar-refractivity contribution in [2.24, 2.45) is 0 Å². The molecule has 1 atom stereocenters. The Bertz CT molecular complexity index is 425. The minimum atomic E-state index is -0.729. The third-order valence-electron chi connectivity index (χ3n) is 2.38. The lowest BCUT2D eigenvalue weighted by Crippen LogP contribution is -2.36. The summed E-state index contributed by atoms with van der Waals surface area (Å²) in [5.74, 6) is -0.264. The van der Waals surface area contributed by atoms with Gasteiger partial charge in [-0.15, -0.1) is 0 Å². The van der Waals surface area contributed by atoms with Gasteiger partial charge in [0.25, 0.3) is 5.91 Å². The minimum Gasteiger partial charge on any atom is -0.507 e. The second-order valence-electron chi connectivity index (χ2n) is 3.96. The van der Waals surface area contributed by atoms with E-state index in [1.54, 1.807) is 19.2 Å². The van der Waals surface area contributed by atoms with Crippen molar-refractivity contribution in [1.82, 2.24) is 4.90 Å². The number of aliphatic hydroxyl groups excluding tert-OH is 1. The zero-order chi connectivity index (χ0) is 13.7. The fourth-order valence-corrected chi connectivity index (χ4v) is 1.76. The Morgan fingerprint density at radius 2 is 2.22 bits per heavy atom. The van der Waals surface area contributed by atoms with Crippen LogP contribution in [0.25, 0.3) is 0 Å². The fraction of sp³-hybridized carbons (Fsp3) is 0.417. The zero-order valence-electron chi connectivity index (χ0n) is 10.3. The zero-order valence-corrected chi connectivity index (χ0v) is 11.8. The number of amides is 1. The maximum atomic E-state index is 12.0. The van der Waals surface area contributed by atoms with Crippen molar-refractivity contribution < 1.29 is 19.7 Å². The molecule has 0 aliphatic carbocycles. The highest BCUT2D eigenvalue weighted by molar-refractivity contribution is 9.10. The smallest absolute Gasteiger partial charge is 0.253 e. The highest BCUT2D eigenvalue weighted by Crippen LogP contribution is 2.24. The summed E-state index contributed by atoms with van der Waals surface area (Å²) in [6.45, 7) is 0.340. The maximum absolute atomic E-state index is 12.0. The number of phenolic OH excluding ortho intramolecular Hbond substituents is 1. The number of benzene rings is 1. The third kappa shape index (κ3) is 3.97. The van der Waals surface area contributed by atoms with Crippen LogP contribution in [0.2, 0.25) is 0 Å². The Morgan fingerprint density at radius 1 is 1.56 bits per heavy atom. The van der Waals surface area contributed by atoms with Gasteiger partial charge in [-0.2, -0.15) is 0 Å². The molecule has 0 fully saturated rings. The number of halogens is 1. The Morgan fingerprint density at radius 3 is 2.78 bits per heavy atom. The SMILES string of the molecule is COCC(O)CN(C)C(=O)c1ccc(Br)c(O)c1. The fourth-order valence-electron chi connectivity index (χ4n) is 1.51. The lowest BCUT2D eigenvalue weighted by atomic mass is 10.2. The number of likely N-dealkylation sites (N-methyl/N-ethyl adjacent to an activating group) is 1. The van der Waals surface area contributed by atoms with E-state index in [2.05, 4.69) is 15.9 Å². The minimum absolute atomic E-state index is 0.00619. The monoisotopic (exact) mass is 317 g/mol. The summed E-state index contributed by atoms with van der Waals surface area (Å²) < 4.78 is 5.32. The van der Waals surface area contributed by atoms with Crippen molar-refractivity contribution in [2.75, 3.05) is 27.3 Å². The van der Waals surface area contributed by atoms with Crippen LogP contribution in [0.5, 0.6) is 5.75 Å². The predicted molar refractivity (Wildman–Crippen MR) is 70.7 cm³/mol. The van der Waals surface area contributed by atoms with Crippen LogP contribution in [0, 0.1) is 0 Å². The van der Waals surface area contributed by atoms with Gasteiger partial charge in [0.15, 0.2) is 0 Å². The summed E-state index contributed by atoms with van der Waals surface area (Å²) in [7, 11) is 3.07. The van der Waals surface area contributed by atoms with E-state index in [9.17, 15) is 15.0 Å². The molecule has 0 radical (unpaired) electrons. The van der Waals surface area contributed by atoms with Gasteiger partial charge in [-0.3, -0.25) is 4.79 Å². The number of ether oxygens (including phenoxy) is 1. The third-order valence-corrected chi connectivity index (χ3v) is 3.05. The molecule has 1 aromatic rings. The first-order valence-corrected chi connectivity index (χ1v) is 6.16. The van der Waals surface area contributed by atoms with Gasteiger partial charge in [0.2, 0.25) is 0 Å². The highest BCUT2D eigenvalue weighted by Gasteiger charge is 2.16. The Hall–Kier alpha value is -1.11. The lowest BCUT2D eigenvalue weighted by Gasteiger charge is -2.20. The topological polar surface area (TPSA) is 70.0 Å². The van der Waals surface area contributed by atoms with Crippen LogP contribution < -0.4 is 0 Å². The molecule has 2 N–H and O–H groups in total. The highest BCUT2D eigenvalue weighted by atomic mass is 79.9. The van der Waals surface area contributed by atoms with Crippen molar-refractivity contribution in [1.29, 1.82) is 0 Å². The van der Waals surface area contributed by atoms with Crippen molar-refractivity contribution in [3.05, 3.63) is 28.2 Å². The van der Waals surface area contributed by atoms with E-state index in [-0.39, 0.29) is 24.8 Å². The number of aliphatic hydroxyl groups is 1. The van der Waals surface area contributed by atoms with Gasteiger partial charge in [-0.1, -0.05) is 0 Å². The molecule has 0 spiro atoms. The van der Waals surface area contributed by atoms with Gasteiger partial charge in [-0.25, -0.2) is 0 Å². The molecule has 5 nitrogen and oxygen atoms in total. The van der Waals surface area contributed by atoms with E-state index in [4.69, 9.17) is 4.74 Å². The lowest BCUT2D eigenvalue weighted by molar-refractivity contribution is 0.0380. The summed E-state index contributed by atoms with van der Waals surface area (Å²) >= 11 is 3.14. The Kier molecular flexibility index (Phi) is 5.58. The van der Waals surface area contributed by atoms with Crippen LogP contribution in [0.1, 0.15) is 10.4 Å². The van der Waals surface area contributed by atoms with Gasteiger partial charge < -0.3 is 19.8 Å². The molecule has 0 aromatic heterocycles. The number of hydrogen-bond donors (Lipinski definition) is 2. The molecule has 0 bridgehead atoms. The maximum Gasteiger partial charge on any atom is 0.253 e. The van der Waals surface area contributed by atoms with Crippen molar-refractivity contribution in [3.8, 4) is 5.75 Å². The summed E-state index contributed by atoms with van der Waals surface area (Å²) in [6.07, 6.45) is -0.729. The van der Waals surface area contributed by atoms with Crippen LogP contribution >= 0.6 is 15.9 Å². The molecule has 1 amide bonds. The summed E-state index contributed by atoms with van der Waals surface area (Å²) in [4.78, 5) is 13.4. The van der Waals surface area contributed by atoms with E-state index in [0.29, 0.717) is 10.0 Å². The molecule has 18 heavy (non-hydrogen) atoms. The number of hydrogen-bond acceptors (Lipinski definition) is 4. The van der Waals surface area contributed by atoms with Gasteiger partial charge >= 0.3 is 0 Å². The molecule has 0 saturated carbocycles. The number of aromatic hydroxyl groups is 1. The standard InChI is InChI=1S/C12H16BrNO4/c1-14(6-9(15)7-18-2)12(17)8-3-4-10(13)11(16)5-8/h3-5,9,15-16H,6-7H2,1-2H3. The number of carbonyl (C=O) groups is 1. The van der Waals surface area contributed by atoms with Gasteiger partial charge in [-0.05, 0) is 34.1 Å². The van der Waals surface area contributed by atoms with E-state index in [0.717, 1.165) is 0 Å². The van der Waals surface area contributed by atoms with Crippen LogP contribution in [0.15, 0.2) is 22.7 Å². The molecular weight excluding hydrogens is 302 g/mol. The average molecular weight is 318 g/mol.